The SMILES string of the molecule is COC(=O)[C@H]1CCCCN1C(=O)[C@@H]1CC(=O)N(c2ccc(C)cc2)C1. The summed E-state index contributed by atoms with van der Waals surface area (Å²) in [6.07, 6.45) is 2.60. The van der Waals surface area contributed by atoms with Gasteiger partial charge in [0.2, 0.25) is 11.8 Å². The summed E-state index contributed by atoms with van der Waals surface area (Å²) in [6.45, 7) is 2.91. The summed E-state index contributed by atoms with van der Waals surface area (Å²) in [7, 11) is 1.35. The topological polar surface area (TPSA) is 66.9 Å². The zero-order valence-corrected chi connectivity index (χ0v) is 14.7. The van der Waals surface area contributed by atoms with Gasteiger partial charge in [-0.05, 0) is 38.3 Å². The minimum Gasteiger partial charge on any atom is -0.467 e. The van der Waals surface area contributed by atoms with E-state index in [9.17, 15) is 14.4 Å². The first kappa shape index (κ1) is 17.5. The lowest BCUT2D eigenvalue weighted by Crippen LogP contribution is -2.50. The predicted molar refractivity (Wildman–Crippen MR) is 93.0 cm³/mol. The highest BCUT2D eigenvalue weighted by Gasteiger charge is 2.41. The molecule has 0 spiro atoms. The van der Waals surface area contributed by atoms with Crippen molar-refractivity contribution in [2.45, 2.75) is 38.6 Å². The second kappa shape index (κ2) is 7.25. The number of aryl methyl sites for hydroxylation is 1. The van der Waals surface area contributed by atoms with Crippen molar-refractivity contribution >= 4 is 23.5 Å². The second-order valence-electron chi connectivity index (χ2n) is 6.81. The smallest absolute Gasteiger partial charge is 0.328 e. The van der Waals surface area contributed by atoms with Crippen LogP contribution in [0.3, 0.4) is 0 Å². The molecular weight excluding hydrogens is 320 g/mol. The summed E-state index contributed by atoms with van der Waals surface area (Å²) in [6, 6.07) is 7.19. The Hall–Kier alpha value is -2.37. The van der Waals surface area contributed by atoms with Gasteiger partial charge in [0.25, 0.3) is 0 Å². The number of esters is 1. The fraction of sp³-hybridized carbons (Fsp3) is 0.526. The van der Waals surface area contributed by atoms with E-state index in [4.69, 9.17) is 4.74 Å². The Balaban J connectivity index is 1.73. The van der Waals surface area contributed by atoms with E-state index < -0.39 is 12.0 Å². The third-order valence-corrected chi connectivity index (χ3v) is 5.08. The molecule has 2 heterocycles. The number of anilines is 1. The molecule has 2 aliphatic heterocycles. The fourth-order valence-corrected chi connectivity index (χ4v) is 3.66. The average Bonchev–Trinajstić information content (AvgIpc) is 3.03. The number of benzene rings is 1. The molecule has 0 bridgehead atoms. The highest BCUT2D eigenvalue weighted by molar-refractivity contribution is 6.00. The molecule has 2 atom stereocenters. The van der Waals surface area contributed by atoms with Crippen LogP contribution in [0, 0.1) is 12.8 Å². The maximum absolute atomic E-state index is 12.9. The first-order valence-corrected chi connectivity index (χ1v) is 8.76. The molecule has 3 rings (SSSR count). The van der Waals surface area contributed by atoms with Gasteiger partial charge in [-0.15, -0.1) is 0 Å². The molecule has 1 aromatic rings. The van der Waals surface area contributed by atoms with Crippen LogP contribution >= 0.6 is 0 Å². The quantitative estimate of drug-likeness (QED) is 0.786. The van der Waals surface area contributed by atoms with Crippen LogP contribution in [0.5, 0.6) is 0 Å². The number of nitrogens with zero attached hydrogens (tertiary/aromatic N) is 2. The molecule has 0 aliphatic carbocycles. The molecule has 2 amide bonds. The molecule has 0 saturated carbocycles. The van der Waals surface area contributed by atoms with Gasteiger partial charge in [-0.2, -0.15) is 0 Å². The molecule has 2 aliphatic rings. The summed E-state index contributed by atoms with van der Waals surface area (Å²) in [5.74, 6) is -0.932. The largest absolute Gasteiger partial charge is 0.467 e. The highest BCUT2D eigenvalue weighted by Crippen LogP contribution is 2.29. The Kier molecular flexibility index (Phi) is 5.06. The number of piperidine rings is 1. The van der Waals surface area contributed by atoms with Crippen molar-refractivity contribution in [1.82, 2.24) is 4.90 Å². The van der Waals surface area contributed by atoms with Gasteiger partial charge >= 0.3 is 5.97 Å². The second-order valence-corrected chi connectivity index (χ2v) is 6.81. The minimum absolute atomic E-state index is 0.0474. The van der Waals surface area contributed by atoms with Gasteiger partial charge in [0.05, 0.1) is 13.0 Å². The number of rotatable bonds is 3. The van der Waals surface area contributed by atoms with Crippen LogP contribution in [-0.2, 0) is 19.1 Å². The molecule has 0 aromatic heterocycles. The zero-order valence-electron chi connectivity index (χ0n) is 14.7. The Morgan fingerprint density at radius 1 is 1.16 bits per heavy atom. The van der Waals surface area contributed by atoms with Crippen molar-refractivity contribution < 1.29 is 19.1 Å². The van der Waals surface area contributed by atoms with Gasteiger partial charge < -0.3 is 14.5 Å². The lowest BCUT2D eigenvalue weighted by Gasteiger charge is -2.35. The first-order valence-electron chi connectivity index (χ1n) is 8.76. The molecule has 1 aromatic carbocycles. The zero-order chi connectivity index (χ0) is 18.0. The van der Waals surface area contributed by atoms with Crippen LogP contribution in [0.2, 0.25) is 0 Å². The number of hydrogen-bond donors (Lipinski definition) is 0. The van der Waals surface area contributed by atoms with E-state index in [2.05, 4.69) is 0 Å². The maximum Gasteiger partial charge on any atom is 0.328 e. The van der Waals surface area contributed by atoms with Crippen LogP contribution in [0.4, 0.5) is 5.69 Å². The van der Waals surface area contributed by atoms with Crippen LogP contribution in [0.15, 0.2) is 24.3 Å². The van der Waals surface area contributed by atoms with Crippen LogP contribution in [-0.4, -0.2) is 48.9 Å². The predicted octanol–water partition coefficient (Wildman–Crippen LogP) is 1.90. The Morgan fingerprint density at radius 2 is 1.88 bits per heavy atom. The Bertz CT molecular complexity index is 671. The monoisotopic (exact) mass is 344 g/mol. The number of amides is 2. The van der Waals surface area contributed by atoms with Gasteiger partial charge in [0.1, 0.15) is 6.04 Å². The Morgan fingerprint density at radius 3 is 2.56 bits per heavy atom. The van der Waals surface area contributed by atoms with Crippen molar-refractivity contribution in [1.29, 1.82) is 0 Å². The fourth-order valence-electron chi connectivity index (χ4n) is 3.66. The highest BCUT2D eigenvalue weighted by atomic mass is 16.5. The van der Waals surface area contributed by atoms with Crippen molar-refractivity contribution in [2.75, 3.05) is 25.1 Å². The molecule has 2 saturated heterocycles. The van der Waals surface area contributed by atoms with Gasteiger partial charge in [-0.3, -0.25) is 9.59 Å². The molecule has 2 fully saturated rings. The summed E-state index contributed by atoms with van der Waals surface area (Å²) in [5, 5.41) is 0. The summed E-state index contributed by atoms with van der Waals surface area (Å²) >= 11 is 0. The summed E-state index contributed by atoms with van der Waals surface area (Å²) < 4.78 is 4.85. The van der Waals surface area contributed by atoms with Crippen molar-refractivity contribution in [3.63, 3.8) is 0 Å². The van der Waals surface area contributed by atoms with E-state index in [1.807, 2.05) is 31.2 Å². The molecule has 0 unspecified atom stereocenters. The van der Waals surface area contributed by atoms with E-state index in [1.54, 1.807) is 9.80 Å². The van der Waals surface area contributed by atoms with E-state index in [0.717, 1.165) is 24.1 Å². The van der Waals surface area contributed by atoms with E-state index >= 15 is 0 Å². The van der Waals surface area contributed by atoms with E-state index in [-0.39, 0.29) is 24.2 Å². The lowest BCUT2D eigenvalue weighted by atomic mass is 9.98. The van der Waals surface area contributed by atoms with Crippen molar-refractivity contribution in [2.24, 2.45) is 5.92 Å². The van der Waals surface area contributed by atoms with E-state index in [0.29, 0.717) is 19.5 Å². The van der Waals surface area contributed by atoms with Crippen LogP contribution in [0.25, 0.3) is 0 Å². The number of hydrogen-bond acceptors (Lipinski definition) is 4. The van der Waals surface area contributed by atoms with Gasteiger partial charge in [-0.1, -0.05) is 17.7 Å². The Labute approximate surface area is 147 Å². The van der Waals surface area contributed by atoms with Crippen molar-refractivity contribution in [3.8, 4) is 0 Å². The third kappa shape index (κ3) is 3.52. The molecule has 25 heavy (non-hydrogen) atoms. The standard InChI is InChI=1S/C19H24N2O4/c1-13-6-8-15(9-7-13)21-12-14(11-17(21)22)18(23)20-10-4-3-5-16(20)19(24)25-2/h6-9,14,16H,3-5,10-12H2,1-2H3/t14-,16-/m1/s1. The average molecular weight is 344 g/mol. The molecular formula is C19H24N2O4. The molecule has 134 valence electrons. The molecule has 0 N–H and O–H groups in total. The number of ether oxygens (including phenoxy) is 1. The number of carbonyl (C=O) groups excluding carboxylic acids is 3. The normalized spacial score (nSPS) is 23.7. The number of likely N-dealkylation sites (tertiary alicyclic amines) is 1. The summed E-state index contributed by atoms with van der Waals surface area (Å²) in [5.41, 5.74) is 1.94. The number of methoxy groups -OCH3 is 1. The van der Waals surface area contributed by atoms with Crippen LogP contribution in [0.1, 0.15) is 31.2 Å². The van der Waals surface area contributed by atoms with Crippen molar-refractivity contribution in [3.05, 3.63) is 29.8 Å². The van der Waals surface area contributed by atoms with Gasteiger partial charge in [-0.25, -0.2) is 4.79 Å². The van der Waals surface area contributed by atoms with Gasteiger partial charge in [0, 0.05) is 25.2 Å². The number of carbonyl (C=O) groups is 3. The molecule has 6 heteroatoms. The van der Waals surface area contributed by atoms with Crippen LogP contribution < -0.4 is 4.90 Å². The third-order valence-electron chi connectivity index (χ3n) is 5.08. The summed E-state index contributed by atoms with van der Waals surface area (Å²) in [4.78, 5) is 40.6. The maximum atomic E-state index is 12.9. The van der Waals surface area contributed by atoms with Gasteiger partial charge in [0.15, 0.2) is 0 Å². The lowest BCUT2D eigenvalue weighted by molar-refractivity contribution is -0.156. The first-order chi connectivity index (χ1) is 12.0. The minimum atomic E-state index is -0.519. The van der Waals surface area contributed by atoms with E-state index in [1.165, 1.54) is 7.11 Å². The molecule has 0 radical (unpaired) electrons. The molecule has 6 nitrogen and oxygen atoms in total.